The maximum absolute atomic E-state index is 14.4. The minimum absolute atomic E-state index is 0.642. The highest BCUT2D eigenvalue weighted by Gasteiger charge is 2.21. The van der Waals surface area contributed by atoms with E-state index in [1.165, 1.54) is 5.56 Å². The minimum Gasteiger partial charge on any atom is -0.386 e. The quantitative estimate of drug-likeness (QED) is 0.327. The van der Waals surface area contributed by atoms with Crippen molar-refractivity contribution < 1.29 is 9.50 Å². The Kier molecular flexibility index (Phi) is 6.09. The normalized spacial score (nSPS) is 11.9. The Balaban J connectivity index is 1.76. The van der Waals surface area contributed by atoms with Gasteiger partial charge in [-0.2, -0.15) is 0 Å². The lowest BCUT2D eigenvalue weighted by atomic mass is 9.97. The lowest BCUT2D eigenvalue weighted by Crippen LogP contribution is -2.16. The molecule has 0 heterocycles. The summed E-state index contributed by atoms with van der Waals surface area (Å²) < 4.78 is 14.4. The topological polar surface area (TPSA) is 23.5 Å². The van der Waals surface area contributed by atoms with Crippen molar-refractivity contribution in [2.45, 2.75) is 39.0 Å². The summed E-state index contributed by atoms with van der Waals surface area (Å²) in [5.41, 5.74) is 4.39. The number of benzene rings is 4. The molecule has 4 aromatic rings. The number of halogens is 1. The number of rotatable bonds is 6. The van der Waals surface area contributed by atoms with Crippen molar-refractivity contribution in [1.82, 2.24) is 0 Å². The lowest BCUT2D eigenvalue weighted by molar-refractivity contribution is 0.0786. The van der Waals surface area contributed by atoms with Crippen molar-refractivity contribution in [2.75, 3.05) is 4.90 Å². The molecule has 0 aliphatic carbocycles. The number of alkyl halides is 1. The molecule has 168 valence electrons. The van der Waals surface area contributed by atoms with Crippen LogP contribution in [0, 0.1) is 0 Å². The SMILES string of the molecule is CC(C)(O)c1ccc(N(c2ccc(-c3ccccc3)cc2)c2ccc(C(C)(C)F)cc2)cc1. The van der Waals surface area contributed by atoms with E-state index in [1.54, 1.807) is 27.7 Å². The number of aliphatic hydroxyl groups is 1. The predicted molar refractivity (Wildman–Crippen MR) is 136 cm³/mol. The largest absolute Gasteiger partial charge is 0.386 e. The summed E-state index contributed by atoms with van der Waals surface area (Å²) in [4.78, 5) is 2.14. The van der Waals surface area contributed by atoms with E-state index in [4.69, 9.17) is 0 Å². The fraction of sp³-hybridized carbons (Fsp3) is 0.200. The van der Waals surface area contributed by atoms with Gasteiger partial charge in [-0.05, 0) is 86.3 Å². The molecule has 0 aromatic heterocycles. The van der Waals surface area contributed by atoms with Crippen LogP contribution in [0.1, 0.15) is 38.8 Å². The molecule has 2 nitrogen and oxygen atoms in total. The van der Waals surface area contributed by atoms with E-state index in [0.717, 1.165) is 28.2 Å². The first-order chi connectivity index (χ1) is 15.6. The summed E-state index contributed by atoms with van der Waals surface area (Å²) in [6.45, 7) is 6.69. The summed E-state index contributed by atoms with van der Waals surface area (Å²) in [5, 5.41) is 10.3. The molecule has 0 radical (unpaired) electrons. The van der Waals surface area contributed by atoms with Gasteiger partial charge < -0.3 is 10.0 Å². The van der Waals surface area contributed by atoms with Gasteiger partial charge in [0.25, 0.3) is 0 Å². The summed E-state index contributed by atoms with van der Waals surface area (Å²) in [6, 6.07) is 34.2. The molecule has 0 saturated carbocycles. The van der Waals surface area contributed by atoms with Gasteiger partial charge in [0.1, 0.15) is 5.67 Å². The standard InChI is InChI=1S/C30H30FNO/c1-29(2,31)24-12-18-27(19-13-24)32(28-20-14-25(15-21-28)30(3,4)33)26-16-10-23(11-17-26)22-8-6-5-7-9-22/h5-21,33H,1-4H3. The fourth-order valence-corrected chi connectivity index (χ4v) is 3.91. The molecular weight excluding hydrogens is 409 g/mol. The van der Waals surface area contributed by atoms with Gasteiger partial charge in [-0.15, -0.1) is 0 Å². The molecule has 0 spiro atoms. The van der Waals surface area contributed by atoms with Crippen LogP contribution in [0.2, 0.25) is 0 Å². The van der Waals surface area contributed by atoms with Crippen LogP contribution in [0.4, 0.5) is 21.5 Å². The Labute approximate surface area is 196 Å². The summed E-state index contributed by atoms with van der Waals surface area (Å²) in [5.74, 6) is 0. The monoisotopic (exact) mass is 439 g/mol. The van der Waals surface area contributed by atoms with Crippen LogP contribution in [0.5, 0.6) is 0 Å². The maximum atomic E-state index is 14.4. The number of hydrogen-bond donors (Lipinski definition) is 1. The number of hydrogen-bond acceptors (Lipinski definition) is 2. The smallest absolute Gasteiger partial charge is 0.130 e. The van der Waals surface area contributed by atoms with E-state index in [0.29, 0.717) is 5.56 Å². The molecule has 0 atom stereocenters. The molecular formula is C30H30FNO. The first-order valence-electron chi connectivity index (χ1n) is 11.2. The summed E-state index contributed by atoms with van der Waals surface area (Å²) in [7, 11) is 0. The molecule has 0 aliphatic heterocycles. The molecule has 0 fully saturated rings. The Bertz CT molecular complexity index is 1130. The molecule has 0 aliphatic rings. The van der Waals surface area contributed by atoms with Gasteiger partial charge >= 0.3 is 0 Å². The zero-order chi connectivity index (χ0) is 23.6. The Hall–Kier alpha value is -3.43. The van der Waals surface area contributed by atoms with Crippen LogP contribution < -0.4 is 4.90 Å². The molecule has 1 N–H and O–H groups in total. The van der Waals surface area contributed by atoms with Crippen molar-refractivity contribution in [3.8, 4) is 11.1 Å². The van der Waals surface area contributed by atoms with Gasteiger partial charge in [0.2, 0.25) is 0 Å². The second kappa shape index (κ2) is 8.84. The second-order valence-corrected chi connectivity index (χ2v) is 9.37. The van der Waals surface area contributed by atoms with E-state index in [9.17, 15) is 9.50 Å². The molecule has 0 amide bonds. The highest BCUT2D eigenvalue weighted by Crippen LogP contribution is 2.37. The zero-order valence-electron chi connectivity index (χ0n) is 19.6. The van der Waals surface area contributed by atoms with Crippen LogP contribution in [0.3, 0.4) is 0 Å². The van der Waals surface area contributed by atoms with Crippen molar-refractivity contribution >= 4 is 17.1 Å². The van der Waals surface area contributed by atoms with E-state index >= 15 is 0 Å². The number of anilines is 3. The van der Waals surface area contributed by atoms with Crippen LogP contribution in [-0.2, 0) is 11.3 Å². The predicted octanol–water partition coefficient (Wildman–Crippen LogP) is 8.26. The van der Waals surface area contributed by atoms with Gasteiger partial charge in [-0.1, -0.05) is 66.7 Å². The number of nitrogens with zero attached hydrogens (tertiary/aromatic N) is 1. The highest BCUT2D eigenvalue weighted by molar-refractivity contribution is 5.78. The van der Waals surface area contributed by atoms with Crippen LogP contribution in [0.25, 0.3) is 11.1 Å². The van der Waals surface area contributed by atoms with Crippen LogP contribution in [0.15, 0.2) is 103 Å². The van der Waals surface area contributed by atoms with Crippen molar-refractivity contribution in [2.24, 2.45) is 0 Å². The Morgan fingerprint density at radius 2 is 0.939 bits per heavy atom. The third kappa shape index (κ3) is 5.15. The lowest BCUT2D eigenvalue weighted by Gasteiger charge is -2.27. The van der Waals surface area contributed by atoms with Crippen molar-refractivity contribution in [1.29, 1.82) is 0 Å². The fourth-order valence-electron chi connectivity index (χ4n) is 3.91. The van der Waals surface area contributed by atoms with Gasteiger partial charge in [0, 0.05) is 17.1 Å². The van der Waals surface area contributed by atoms with E-state index < -0.39 is 11.3 Å². The van der Waals surface area contributed by atoms with Crippen molar-refractivity contribution in [3.63, 3.8) is 0 Å². The molecule has 0 unspecified atom stereocenters. The summed E-state index contributed by atoms with van der Waals surface area (Å²) in [6.07, 6.45) is 0. The zero-order valence-corrected chi connectivity index (χ0v) is 19.6. The first kappa shape index (κ1) is 22.8. The molecule has 3 heteroatoms. The summed E-state index contributed by atoms with van der Waals surface area (Å²) >= 11 is 0. The van der Waals surface area contributed by atoms with Gasteiger partial charge in [-0.25, -0.2) is 4.39 Å². The van der Waals surface area contributed by atoms with Gasteiger partial charge in [0.15, 0.2) is 0 Å². The Morgan fingerprint density at radius 1 is 0.545 bits per heavy atom. The molecule has 33 heavy (non-hydrogen) atoms. The highest BCUT2D eigenvalue weighted by atomic mass is 19.1. The van der Waals surface area contributed by atoms with E-state index in [2.05, 4.69) is 41.3 Å². The first-order valence-corrected chi connectivity index (χ1v) is 11.2. The van der Waals surface area contributed by atoms with E-state index in [-0.39, 0.29) is 0 Å². The van der Waals surface area contributed by atoms with Crippen LogP contribution >= 0.6 is 0 Å². The third-order valence-corrected chi connectivity index (χ3v) is 5.88. The second-order valence-electron chi connectivity index (χ2n) is 9.37. The molecule has 0 saturated heterocycles. The van der Waals surface area contributed by atoms with E-state index in [1.807, 2.05) is 66.7 Å². The van der Waals surface area contributed by atoms with Crippen LogP contribution in [-0.4, -0.2) is 5.11 Å². The average Bonchev–Trinajstić information content (AvgIpc) is 2.80. The molecule has 4 aromatic carbocycles. The van der Waals surface area contributed by atoms with Gasteiger partial charge in [0.05, 0.1) is 5.60 Å². The Morgan fingerprint density at radius 3 is 1.36 bits per heavy atom. The molecule has 0 bridgehead atoms. The van der Waals surface area contributed by atoms with Crippen molar-refractivity contribution in [3.05, 3.63) is 114 Å². The average molecular weight is 440 g/mol. The molecule has 4 rings (SSSR count). The van der Waals surface area contributed by atoms with Gasteiger partial charge in [-0.3, -0.25) is 0 Å². The maximum Gasteiger partial charge on any atom is 0.130 e. The third-order valence-electron chi connectivity index (χ3n) is 5.88. The minimum atomic E-state index is -1.39.